The van der Waals surface area contributed by atoms with Crippen LogP contribution in [0.1, 0.15) is 16.7 Å². The molecule has 31 heavy (non-hydrogen) atoms. The monoisotopic (exact) mass is 431 g/mol. The third-order valence-electron chi connectivity index (χ3n) is 5.40. The predicted octanol–water partition coefficient (Wildman–Crippen LogP) is 4.20. The SMILES string of the molecule is Cc1cc(C)c(-n2ncc3c(-c4nc5[nH]c(=O)[nH]c(=O)c5cc4Cl)cccc32)c(C)c1. The third kappa shape index (κ3) is 3.05. The molecule has 0 unspecified atom stereocenters. The lowest BCUT2D eigenvalue weighted by molar-refractivity contribution is 0.892. The zero-order valence-corrected chi connectivity index (χ0v) is 17.8. The van der Waals surface area contributed by atoms with Crippen LogP contribution in [-0.4, -0.2) is 24.7 Å². The molecule has 0 fully saturated rings. The molecule has 3 aromatic heterocycles. The molecule has 7 nitrogen and oxygen atoms in total. The topological polar surface area (TPSA) is 96.4 Å². The molecule has 0 radical (unpaired) electrons. The number of nitrogens with zero attached hydrogens (tertiary/aromatic N) is 3. The van der Waals surface area contributed by atoms with Crippen molar-refractivity contribution in [3.8, 4) is 16.9 Å². The number of aromatic amines is 2. The molecule has 0 atom stereocenters. The van der Waals surface area contributed by atoms with E-state index in [1.807, 2.05) is 22.9 Å². The van der Waals surface area contributed by atoms with Crippen LogP contribution in [-0.2, 0) is 0 Å². The number of fused-ring (bicyclic) bond motifs is 2. The molecule has 0 aliphatic carbocycles. The van der Waals surface area contributed by atoms with Gasteiger partial charge >= 0.3 is 5.69 Å². The molecule has 8 heteroatoms. The molecule has 0 bridgehead atoms. The Labute approximate surface area is 181 Å². The Morgan fingerprint density at radius 1 is 0.968 bits per heavy atom. The summed E-state index contributed by atoms with van der Waals surface area (Å²) >= 11 is 6.51. The summed E-state index contributed by atoms with van der Waals surface area (Å²) in [6, 6.07) is 11.6. The maximum absolute atomic E-state index is 12.1. The van der Waals surface area contributed by atoms with Gasteiger partial charge in [-0.1, -0.05) is 41.4 Å². The summed E-state index contributed by atoms with van der Waals surface area (Å²) in [7, 11) is 0. The van der Waals surface area contributed by atoms with E-state index in [0.717, 1.165) is 33.3 Å². The Bertz CT molecular complexity index is 1600. The Morgan fingerprint density at radius 3 is 2.45 bits per heavy atom. The highest BCUT2D eigenvalue weighted by Crippen LogP contribution is 2.34. The second-order valence-corrected chi connectivity index (χ2v) is 8.07. The normalized spacial score (nSPS) is 11.5. The maximum Gasteiger partial charge on any atom is 0.327 e. The maximum atomic E-state index is 12.1. The van der Waals surface area contributed by atoms with Crippen molar-refractivity contribution >= 4 is 33.5 Å². The zero-order chi connectivity index (χ0) is 21.9. The molecule has 0 saturated heterocycles. The number of benzene rings is 2. The standard InChI is InChI=1S/C23H18ClN5O2/c1-11-7-12(2)20(13(3)8-11)29-18-6-4-5-14(16(18)10-25-29)19-17(24)9-15-21(26-19)27-23(31)28-22(15)30/h4-10H,1-3H3,(H2,26,27,28,30,31). The average Bonchev–Trinajstić information content (AvgIpc) is 3.11. The van der Waals surface area contributed by atoms with Gasteiger partial charge in [0.2, 0.25) is 0 Å². The first-order valence-corrected chi connectivity index (χ1v) is 10.1. The number of hydrogen-bond donors (Lipinski definition) is 2. The second kappa shape index (κ2) is 6.92. The predicted molar refractivity (Wildman–Crippen MR) is 122 cm³/mol. The van der Waals surface area contributed by atoms with Crippen LogP contribution in [0.3, 0.4) is 0 Å². The zero-order valence-electron chi connectivity index (χ0n) is 17.1. The summed E-state index contributed by atoms with van der Waals surface area (Å²) in [5, 5.41) is 6.06. The molecular weight excluding hydrogens is 414 g/mol. The number of rotatable bonds is 2. The van der Waals surface area contributed by atoms with Crippen LogP contribution in [0.5, 0.6) is 0 Å². The van der Waals surface area contributed by atoms with Crippen molar-refractivity contribution in [2.24, 2.45) is 0 Å². The van der Waals surface area contributed by atoms with Crippen LogP contribution >= 0.6 is 11.6 Å². The van der Waals surface area contributed by atoms with Crippen molar-refractivity contribution in [3.05, 3.63) is 85.1 Å². The van der Waals surface area contributed by atoms with Crippen molar-refractivity contribution in [1.29, 1.82) is 0 Å². The van der Waals surface area contributed by atoms with Crippen LogP contribution < -0.4 is 11.2 Å². The Hall–Kier alpha value is -3.71. The molecular formula is C23H18ClN5O2. The molecule has 0 spiro atoms. The molecule has 2 aromatic carbocycles. The Balaban J connectivity index is 1.78. The van der Waals surface area contributed by atoms with Crippen LogP contribution in [0.4, 0.5) is 0 Å². The smallest absolute Gasteiger partial charge is 0.291 e. The number of aromatic nitrogens is 5. The van der Waals surface area contributed by atoms with Gasteiger partial charge in [-0.2, -0.15) is 5.10 Å². The van der Waals surface area contributed by atoms with E-state index in [4.69, 9.17) is 11.6 Å². The number of nitrogens with one attached hydrogen (secondary N) is 2. The van der Waals surface area contributed by atoms with Gasteiger partial charge in [-0.25, -0.2) is 14.5 Å². The molecule has 0 saturated carbocycles. The van der Waals surface area contributed by atoms with Gasteiger partial charge < -0.3 is 0 Å². The average molecular weight is 432 g/mol. The molecule has 3 heterocycles. The quantitative estimate of drug-likeness (QED) is 0.438. The second-order valence-electron chi connectivity index (χ2n) is 7.67. The summed E-state index contributed by atoms with van der Waals surface area (Å²) in [5.74, 6) is 0. The third-order valence-corrected chi connectivity index (χ3v) is 5.68. The fourth-order valence-corrected chi connectivity index (χ4v) is 4.45. The van der Waals surface area contributed by atoms with E-state index < -0.39 is 11.2 Å². The van der Waals surface area contributed by atoms with Gasteiger partial charge in [0.25, 0.3) is 5.56 Å². The Kier molecular flexibility index (Phi) is 4.30. The fraction of sp³-hybridized carbons (Fsp3) is 0.130. The number of hydrogen-bond acceptors (Lipinski definition) is 4. The van der Waals surface area contributed by atoms with Gasteiger partial charge in [0, 0.05) is 10.9 Å². The van der Waals surface area contributed by atoms with Crippen molar-refractivity contribution in [1.82, 2.24) is 24.7 Å². The van der Waals surface area contributed by atoms with Gasteiger partial charge in [-0.05, 0) is 44.0 Å². The fourth-order valence-electron chi connectivity index (χ4n) is 4.20. The highest BCUT2D eigenvalue weighted by molar-refractivity contribution is 6.34. The molecule has 0 aliphatic rings. The van der Waals surface area contributed by atoms with Crippen LogP contribution in [0.15, 0.2) is 52.2 Å². The summed E-state index contributed by atoms with van der Waals surface area (Å²) in [6.45, 7) is 6.22. The van der Waals surface area contributed by atoms with Gasteiger partial charge in [-0.3, -0.25) is 14.8 Å². The number of halogens is 1. The van der Waals surface area contributed by atoms with Gasteiger partial charge in [0.05, 0.1) is 33.5 Å². The van der Waals surface area contributed by atoms with Crippen LogP contribution in [0, 0.1) is 20.8 Å². The first kappa shape index (κ1) is 19.3. The van der Waals surface area contributed by atoms with E-state index in [2.05, 4.69) is 53.0 Å². The summed E-state index contributed by atoms with van der Waals surface area (Å²) in [6.07, 6.45) is 1.78. The first-order chi connectivity index (χ1) is 14.8. The largest absolute Gasteiger partial charge is 0.327 e. The highest BCUT2D eigenvalue weighted by Gasteiger charge is 2.17. The van der Waals surface area contributed by atoms with Gasteiger partial charge in [0.1, 0.15) is 5.65 Å². The van der Waals surface area contributed by atoms with E-state index in [0.29, 0.717) is 10.7 Å². The van der Waals surface area contributed by atoms with Gasteiger partial charge in [-0.15, -0.1) is 0 Å². The lowest BCUT2D eigenvalue weighted by atomic mass is 10.0. The molecule has 2 N–H and O–H groups in total. The Morgan fingerprint density at radius 2 is 1.71 bits per heavy atom. The lowest BCUT2D eigenvalue weighted by Crippen LogP contribution is -2.22. The van der Waals surface area contributed by atoms with Crippen molar-refractivity contribution in [3.63, 3.8) is 0 Å². The molecule has 5 aromatic rings. The molecule has 0 aliphatic heterocycles. The van der Waals surface area contributed by atoms with Crippen molar-refractivity contribution in [2.75, 3.05) is 0 Å². The van der Waals surface area contributed by atoms with E-state index >= 15 is 0 Å². The number of H-pyrrole nitrogens is 2. The highest BCUT2D eigenvalue weighted by atomic mass is 35.5. The van der Waals surface area contributed by atoms with E-state index in [9.17, 15) is 9.59 Å². The first-order valence-electron chi connectivity index (χ1n) is 9.71. The number of pyridine rings is 1. The van der Waals surface area contributed by atoms with E-state index in [1.54, 1.807) is 6.20 Å². The minimum absolute atomic E-state index is 0.183. The summed E-state index contributed by atoms with van der Waals surface area (Å²) < 4.78 is 1.92. The van der Waals surface area contributed by atoms with Crippen LogP contribution in [0.25, 0.3) is 38.9 Å². The lowest BCUT2D eigenvalue weighted by Gasteiger charge is -2.13. The molecule has 5 rings (SSSR count). The summed E-state index contributed by atoms with van der Waals surface area (Å²) in [5.41, 5.74) is 5.67. The van der Waals surface area contributed by atoms with Crippen LogP contribution in [0.2, 0.25) is 5.02 Å². The minimum atomic E-state index is -0.616. The summed E-state index contributed by atoms with van der Waals surface area (Å²) in [4.78, 5) is 33.0. The van der Waals surface area contributed by atoms with E-state index in [-0.39, 0.29) is 11.0 Å². The van der Waals surface area contributed by atoms with Crippen molar-refractivity contribution < 1.29 is 0 Å². The minimum Gasteiger partial charge on any atom is -0.291 e. The number of aryl methyl sites for hydroxylation is 3. The molecule has 154 valence electrons. The molecule has 0 amide bonds. The van der Waals surface area contributed by atoms with Gasteiger partial charge in [0.15, 0.2) is 0 Å². The van der Waals surface area contributed by atoms with E-state index in [1.165, 1.54) is 11.6 Å². The van der Waals surface area contributed by atoms with Crippen molar-refractivity contribution in [2.45, 2.75) is 20.8 Å².